The van der Waals surface area contributed by atoms with E-state index in [-0.39, 0.29) is 21.7 Å². The standard InChI is InChI=1S/C67H65BN2/c1-11-20-39(2)42-30-32-56(48(35-42)40-21-13-12-14-22-40)70-61-51-37-54-55(65(5,6)34-33-64(54,3)4)38-53(51)67(9,10)63(61)68-58-50(36-49-44-25-17-18-28-52(44)66(7,8)57(49)62(58)70)46-27-19-26-45-47-31-29-41-23-15-16-24-43(41)59(47)69-60(45)46/h12-19,21-32,35-39,68-69H,11,20,33-34H2,1-10H3/t39-/m0/s1. The van der Waals surface area contributed by atoms with Crippen molar-refractivity contribution < 1.29 is 0 Å². The first kappa shape index (κ1) is 43.4. The summed E-state index contributed by atoms with van der Waals surface area (Å²) >= 11 is 0. The third kappa shape index (κ3) is 5.99. The first-order valence-corrected chi connectivity index (χ1v) is 26.3. The summed E-state index contributed by atoms with van der Waals surface area (Å²) in [4.78, 5) is 6.93. The minimum atomic E-state index is -0.266. The summed E-state index contributed by atoms with van der Waals surface area (Å²) in [5.74, 6) is 0.450. The molecule has 1 N–H and O–H groups in total. The molecule has 0 spiro atoms. The van der Waals surface area contributed by atoms with E-state index in [4.69, 9.17) is 0 Å². The highest BCUT2D eigenvalue weighted by atomic mass is 15.2. The number of hydrogen-bond donors (Lipinski definition) is 1. The van der Waals surface area contributed by atoms with Gasteiger partial charge in [-0.25, -0.2) is 0 Å². The van der Waals surface area contributed by atoms with Gasteiger partial charge in [0.15, 0.2) is 7.28 Å². The number of allylic oxidation sites excluding steroid dienone is 1. The van der Waals surface area contributed by atoms with Gasteiger partial charge in [0.2, 0.25) is 0 Å². The SMILES string of the molecule is CCC[C@H](C)c1ccc(N2C3=C(Bc4c(-c5cccc6c5[nH]c5c7ccccc7ccc65)cc5c(c42)C(C)(C)c2ccccc2-5)C(C)(C)c2cc4c(cc23)C(C)(C)CCC4(C)C)c(-c2ccccc2)c1. The minimum Gasteiger partial charge on any atom is -0.353 e. The van der Waals surface area contributed by atoms with Crippen LogP contribution in [0.2, 0.25) is 0 Å². The van der Waals surface area contributed by atoms with E-state index in [0.717, 1.165) is 20.1 Å². The van der Waals surface area contributed by atoms with Crippen LogP contribution in [0.5, 0.6) is 0 Å². The zero-order chi connectivity index (χ0) is 48.2. The molecule has 346 valence electrons. The van der Waals surface area contributed by atoms with E-state index in [0.29, 0.717) is 5.92 Å². The Balaban J connectivity index is 1.19. The van der Waals surface area contributed by atoms with Crippen LogP contribution in [-0.4, -0.2) is 12.3 Å². The van der Waals surface area contributed by atoms with Crippen LogP contribution in [0.3, 0.4) is 0 Å². The van der Waals surface area contributed by atoms with E-state index < -0.39 is 0 Å². The van der Waals surface area contributed by atoms with Crippen molar-refractivity contribution in [1.29, 1.82) is 0 Å². The molecule has 9 aromatic rings. The second kappa shape index (κ2) is 15.0. The smallest absolute Gasteiger partial charge is 0.194 e. The Morgan fingerprint density at radius 2 is 1.23 bits per heavy atom. The van der Waals surface area contributed by atoms with Crippen molar-refractivity contribution in [1.82, 2.24) is 4.98 Å². The number of nitrogens with zero attached hydrogens (tertiary/aromatic N) is 1. The number of aromatic nitrogens is 1. The highest BCUT2D eigenvalue weighted by Gasteiger charge is 2.50. The molecule has 1 aliphatic heterocycles. The largest absolute Gasteiger partial charge is 0.353 e. The average molecular weight is 909 g/mol. The predicted octanol–water partition coefficient (Wildman–Crippen LogP) is 17.2. The minimum absolute atomic E-state index is 0.0681. The summed E-state index contributed by atoms with van der Waals surface area (Å²) in [6.45, 7) is 24.7. The monoisotopic (exact) mass is 909 g/mol. The second-order valence-corrected chi connectivity index (χ2v) is 23.9. The molecule has 0 saturated carbocycles. The van der Waals surface area contributed by atoms with Gasteiger partial charge in [0.25, 0.3) is 0 Å². The topological polar surface area (TPSA) is 19.0 Å². The highest BCUT2D eigenvalue weighted by Crippen LogP contribution is 2.61. The van der Waals surface area contributed by atoms with Crippen LogP contribution in [0, 0.1) is 0 Å². The van der Waals surface area contributed by atoms with Gasteiger partial charge in [-0.05, 0) is 127 Å². The van der Waals surface area contributed by atoms with Gasteiger partial charge in [0.1, 0.15) is 0 Å². The highest BCUT2D eigenvalue weighted by molar-refractivity contribution is 6.68. The summed E-state index contributed by atoms with van der Waals surface area (Å²) in [6.07, 6.45) is 4.70. The molecule has 1 atom stereocenters. The molecule has 0 bridgehead atoms. The first-order valence-electron chi connectivity index (χ1n) is 26.3. The lowest BCUT2D eigenvalue weighted by molar-refractivity contribution is 0.331. The lowest BCUT2D eigenvalue weighted by Crippen LogP contribution is -2.40. The van der Waals surface area contributed by atoms with Crippen molar-refractivity contribution in [2.75, 3.05) is 4.90 Å². The van der Waals surface area contributed by atoms with Gasteiger partial charge in [0, 0.05) is 55.1 Å². The summed E-state index contributed by atoms with van der Waals surface area (Å²) in [5.41, 5.74) is 27.1. The summed E-state index contributed by atoms with van der Waals surface area (Å²) in [7, 11) is 0.862. The maximum Gasteiger partial charge on any atom is 0.194 e. The molecule has 0 amide bonds. The second-order valence-electron chi connectivity index (χ2n) is 23.9. The molecule has 0 fully saturated rings. The van der Waals surface area contributed by atoms with Gasteiger partial charge in [-0.15, -0.1) is 0 Å². The quantitative estimate of drug-likeness (QED) is 0.165. The maximum absolute atomic E-state index is 4.10. The molecular weight excluding hydrogens is 844 g/mol. The lowest BCUT2D eigenvalue weighted by atomic mass is 9.51. The number of aromatic amines is 1. The molecule has 0 saturated heterocycles. The zero-order valence-corrected chi connectivity index (χ0v) is 42.9. The maximum atomic E-state index is 4.10. The van der Waals surface area contributed by atoms with Crippen LogP contribution in [0.4, 0.5) is 11.4 Å². The van der Waals surface area contributed by atoms with E-state index >= 15 is 0 Å². The van der Waals surface area contributed by atoms with Crippen LogP contribution in [0.25, 0.3) is 71.7 Å². The van der Waals surface area contributed by atoms with E-state index in [1.807, 2.05) is 0 Å². The molecule has 2 heterocycles. The van der Waals surface area contributed by atoms with Crippen LogP contribution in [0.1, 0.15) is 140 Å². The van der Waals surface area contributed by atoms with Crippen molar-refractivity contribution in [2.24, 2.45) is 0 Å². The first-order chi connectivity index (χ1) is 33.6. The summed E-state index contributed by atoms with van der Waals surface area (Å²) in [6, 6.07) is 56.5. The molecule has 0 unspecified atom stereocenters. The summed E-state index contributed by atoms with van der Waals surface area (Å²) < 4.78 is 0. The van der Waals surface area contributed by atoms with Crippen molar-refractivity contribution in [3.8, 4) is 33.4 Å². The Morgan fingerprint density at radius 1 is 0.543 bits per heavy atom. The Kier molecular flexibility index (Phi) is 9.29. The van der Waals surface area contributed by atoms with Crippen LogP contribution in [0.15, 0.2) is 151 Å². The fraction of sp³-hybridized carbons (Fsp3) is 0.284. The van der Waals surface area contributed by atoms with E-state index in [1.165, 1.54) is 146 Å². The van der Waals surface area contributed by atoms with Crippen LogP contribution < -0.4 is 10.4 Å². The Morgan fingerprint density at radius 3 is 2.01 bits per heavy atom. The van der Waals surface area contributed by atoms with E-state index in [9.17, 15) is 0 Å². The number of benzene rings is 8. The fourth-order valence-corrected chi connectivity index (χ4v) is 14.1. The van der Waals surface area contributed by atoms with Crippen LogP contribution >= 0.6 is 0 Å². The Labute approximate surface area is 416 Å². The zero-order valence-electron chi connectivity index (χ0n) is 42.9. The molecule has 13 rings (SSSR count). The normalized spacial score (nSPS) is 18.0. The number of rotatable bonds is 6. The molecule has 2 nitrogen and oxygen atoms in total. The number of nitrogens with one attached hydrogen (secondary N) is 1. The van der Waals surface area contributed by atoms with Crippen molar-refractivity contribution in [3.05, 3.63) is 190 Å². The molecular formula is C67H65BN2. The molecule has 0 radical (unpaired) electrons. The molecule has 8 aromatic carbocycles. The Bertz CT molecular complexity index is 3720. The molecule has 3 aliphatic carbocycles. The number of anilines is 2. The number of hydrogen-bond acceptors (Lipinski definition) is 1. The van der Waals surface area contributed by atoms with Gasteiger partial charge in [-0.2, -0.15) is 0 Å². The van der Waals surface area contributed by atoms with Crippen molar-refractivity contribution >= 4 is 62.4 Å². The fourth-order valence-electron chi connectivity index (χ4n) is 14.1. The third-order valence-electron chi connectivity index (χ3n) is 18.1. The number of para-hydroxylation sites is 1. The van der Waals surface area contributed by atoms with Gasteiger partial charge in [0.05, 0.1) is 16.7 Å². The number of fused-ring (bicyclic) bond motifs is 13. The molecule has 70 heavy (non-hydrogen) atoms. The summed E-state index contributed by atoms with van der Waals surface area (Å²) in [5, 5.41) is 5.07. The predicted molar refractivity (Wildman–Crippen MR) is 302 cm³/mol. The van der Waals surface area contributed by atoms with Crippen LogP contribution in [-0.2, 0) is 21.7 Å². The Hall–Kier alpha value is -6.58. The van der Waals surface area contributed by atoms with Crippen molar-refractivity contribution in [3.63, 3.8) is 0 Å². The van der Waals surface area contributed by atoms with E-state index in [2.05, 4.69) is 225 Å². The van der Waals surface area contributed by atoms with Gasteiger partial charge in [-0.1, -0.05) is 202 Å². The molecule has 4 aliphatic rings. The number of H-pyrrole nitrogens is 1. The van der Waals surface area contributed by atoms with E-state index in [1.54, 1.807) is 0 Å². The lowest BCUT2D eigenvalue weighted by Gasteiger charge is -2.43. The van der Waals surface area contributed by atoms with Gasteiger partial charge < -0.3 is 9.88 Å². The van der Waals surface area contributed by atoms with Gasteiger partial charge in [-0.3, -0.25) is 0 Å². The van der Waals surface area contributed by atoms with Crippen molar-refractivity contribution in [2.45, 2.75) is 122 Å². The molecule has 3 heteroatoms. The molecule has 1 aromatic heterocycles. The average Bonchev–Trinajstić information content (AvgIpc) is 3.94. The third-order valence-corrected chi connectivity index (χ3v) is 18.1. The van der Waals surface area contributed by atoms with Gasteiger partial charge >= 0.3 is 0 Å².